The second-order valence-electron chi connectivity index (χ2n) is 8.62. The normalized spacial score (nSPS) is 19.3. The van der Waals surface area contributed by atoms with Gasteiger partial charge in [0.1, 0.15) is 0 Å². The molecule has 0 aromatic heterocycles. The molecule has 0 spiro atoms. The van der Waals surface area contributed by atoms with Gasteiger partial charge in [0, 0.05) is 35.9 Å². The first-order valence-electron chi connectivity index (χ1n) is 11.1. The lowest BCUT2D eigenvalue weighted by molar-refractivity contribution is -0.127. The summed E-state index contributed by atoms with van der Waals surface area (Å²) >= 11 is 0. The molecule has 1 aliphatic carbocycles. The average Bonchev–Trinajstić information content (AvgIpc) is 3.16. The monoisotopic (exact) mass is 419 g/mol. The van der Waals surface area contributed by atoms with Crippen LogP contribution < -0.4 is 15.5 Å². The SMILES string of the molecule is Cc1cccc(NC(=O)c2cccc(N3C[C@H](C(=O)NC4CCCCC4)CC3=O)c2)c1. The van der Waals surface area contributed by atoms with Crippen molar-refractivity contribution in [2.45, 2.75) is 51.5 Å². The maximum atomic E-state index is 12.7. The maximum Gasteiger partial charge on any atom is 0.255 e. The molecule has 2 fully saturated rings. The van der Waals surface area contributed by atoms with Gasteiger partial charge in [-0.3, -0.25) is 14.4 Å². The van der Waals surface area contributed by atoms with E-state index in [2.05, 4.69) is 10.6 Å². The summed E-state index contributed by atoms with van der Waals surface area (Å²) in [6.45, 7) is 2.32. The number of nitrogens with zero attached hydrogens (tertiary/aromatic N) is 1. The molecule has 4 rings (SSSR count). The number of amides is 3. The highest BCUT2D eigenvalue weighted by Crippen LogP contribution is 2.27. The maximum absolute atomic E-state index is 12.7. The van der Waals surface area contributed by atoms with Crippen LogP contribution >= 0.6 is 0 Å². The molecule has 2 aromatic carbocycles. The number of aryl methyl sites for hydroxylation is 1. The van der Waals surface area contributed by atoms with Crippen LogP contribution in [-0.2, 0) is 9.59 Å². The molecule has 2 N–H and O–H groups in total. The molecule has 2 aromatic rings. The van der Waals surface area contributed by atoms with Crippen molar-refractivity contribution in [3.8, 4) is 0 Å². The van der Waals surface area contributed by atoms with Crippen LogP contribution in [0.2, 0.25) is 0 Å². The smallest absolute Gasteiger partial charge is 0.255 e. The highest BCUT2D eigenvalue weighted by Gasteiger charge is 2.36. The van der Waals surface area contributed by atoms with E-state index in [1.165, 1.54) is 6.42 Å². The van der Waals surface area contributed by atoms with E-state index in [1.807, 2.05) is 37.3 Å². The summed E-state index contributed by atoms with van der Waals surface area (Å²) in [5.74, 6) is -0.693. The van der Waals surface area contributed by atoms with E-state index in [4.69, 9.17) is 0 Å². The average molecular weight is 420 g/mol. The van der Waals surface area contributed by atoms with E-state index < -0.39 is 0 Å². The van der Waals surface area contributed by atoms with E-state index in [-0.39, 0.29) is 36.1 Å². The standard InChI is InChI=1S/C25H29N3O3/c1-17-7-5-11-21(13-17)27-24(30)18-8-6-12-22(14-18)28-16-19(15-23(28)29)25(31)26-20-9-3-2-4-10-20/h5-8,11-14,19-20H,2-4,9-10,15-16H2,1H3,(H,26,31)(H,27,30)/t19-/m1/s1. The molecule has 1 saturated carbocycles. The number of anilines is 2. The Morgan fingerprint density at radius 1 is 1.00 bits per heavy atom. The summed E-state index contributed by atoms with van der Waals surface area (Å²) in [6, 6.07) is 14.9. The molecule has 1 atom stereocenters. The molecule has 0 bridgehead atoms. The lowest BCUT2D eigenvalue weighted by Gasteiger charge is -2.24. The molecule has 0 radical (unpaired) electrons. The van der Waals surface area contributed by atoms with Gasteiger partial charge in [0.05, 0.1) is 5.92 Å². The van der Waals surface area contributed by atoms with Crippen LogP contribution in [0.4, 0.5) is 11.4 Å². The predicted molar refractivity (Wildman–Crippen MR) is 121 cm³/mol. The largest absolute Gasteiger partial charge is 0.353 e. The van der Waals surface area contributed by atoms with Gasteiger partial charge in [0.25, 0.3) is 5.91 Å². The number of nitrogens with one attached hydrogen (secondary N) is 2. The van der Waals surface area contributed by atoms with Gasteiger partial charge in [-0.25, -0.2) is 0 Å². The summed E-state index contributed by atoms with van der Waals surface area (Å²) in [5.41, 5.74) is 2.91. The molecule has 2 aliphatic rings. The van der Waals surface area contributed by atoms with Crippen LogP contribution in [0.3, 0.4) is 0 Å². The Balaban J connectivity index is 1.41. The van der Waals surface area contributed by atoms with Gasteiger partial charge in [0.2, 0.25) is 11.8 Å². The fourth-order valence-corrected chi connectivity index (χ4v) is 4.44. The lowest BCUT2D eigenvalue weighted by atomic mass is 9.95. The Morgan fingerprint density at radius 3 is 2.55 bits per heavy atom. The highest BCUT2D eigenvalue weighted by atomic mass is 16.2. The summed E-state index contributed by atoms with van der Waals surface area (Å²) in [5, 5.41) is 6.03. The molecule has 3 amide bonds. The van der Waals surface area contributed by atoms with E-state index >= 15 is 0 Å². The van der Waals surface area contributed by atoms with Crippen LogP contribution in [0.25, 0.3) is 0 Å². The quantitative estimate of drug-likeness (QED) is 0.767. The third-order valence-electron chi connectivity index (χ3n) is 6.14. The Labute approximate surface area is 183 Å². The van der Waals surface area contributed by atoms with Gasteiger partial charge < -0.3 is 15.5 Å². The van der Waals surface area contributed by atoms with Crippen LogP contribution in [0.5, 0.6) is 0 Å². The zero-order chi connectivity index (χ0) is 21.8. The number of benzene rings is 2. The molecular formula is C25H29N3O3. The number of carbonyl (C=O) groups is 3. The zero-order valence-corrected chi connectivity index (χ0v) is 17.9. The second-order valence-corrected chi connectivity index (χ2v) is 8.62. The van der Waals surface area contributed by atoms with Gasteiger partial charge in [-0.1, -0.05) is 37.5 Å². The van der Waals surface area contributed by atoms with Crippen LogP contribution in [0.1, 0.15) is 54.4 Å². The summed E-state index contributed by atoms with van der Waals surface area (Å²) in [7, 11) is 0. The van der Waals surface area contributed by atoms with Crippen molar-refractivity contribution in [2.75, 3.05) is 16.8 Å². The van der Waals surface area contributed by atoms with Crippen molar-refractivity contribution < 1.29 is 14.4 Å². The lowest BCUT2D eigenvalue weighted by Crippen LogP contribution is -2.40. The van der Waals surface area contributed by atoms with E-state index in [0.29, 0.717) is 17.8 Å². The second kappa shape index (κ2) is 9.33. The first-order valence-corrected chi connectivity index (χ1v) is 11.1. The highest BCUT2D eigenvalue weighted by molar-refractivity contribution is 6.06. The minimum absolute atomic E-state index is 0.0314. The van der Waals surface area contributed by atoms with Gasteiger partial charge in [-0.2, -0.15) is 0 Å². The predicted octanol–water partition coefficient (Wildman–Crippen LogP) is 4.05. The number of rotatable bonds is 5. The molecule has 6 nitrogen and oxygen atoms in total. The van der Waals surface area contributed by atoms with Gasteiger partial charge in [-0.15, -0.1) is 0 Å². The van der Waals surface area contributed by atoms with E-state index in [0.717, 1.165) is 36.9 Å². The minimum atomic E-state index is -0.348. The molecule has 1 saturated heterocycles. The zero-order valence-electron chi connectivity index (χ0n) is 17.9. The Kier molecular flexibility index (Phi) is 6.35. The van der Waals surface area contributed by atoms with Gasteiger partial charge >= 0.3 is 0 Å². The van der Waals surface area contributed by atoms with Crippen LogP contribution in [-0.4, -0.2) is 30.3 Å². The Morgan fingerprint density at radius 2 is 1.77 bits per heavy atom. The molecule has 0 unspecified atom stereocenters. The first kappa shape index (κ1) is 21.1. The molecule has 162 valence electrons. The summed E-state index contributed by atoms with van der Waals surface area (Å²) in [4.78, 5) is 39.6. The third-order valence-corrected chi connectivity index (χ3v) is 6.14. The molecular weight excluding hydrogens is 390 g/mol. The molecule has 6 heteroatoms. The van der Waals surface area contributed by atoms with Crippen molar-refractivity contribution >= 4 is 29.1 Å². The number of hydrogen-bond acceptors (Lipinski definition) is 3. The fourth-order valence-electron chi connectivity index (χ4n) is 4.44. The van der Waals surface area contributed by atoms with Crippen LogP contribution in [0.15, 0.2) is 48.5 Å². The van der Waals surface area contributed by atoms with Crippen molar-refractivity contribution in [3.05, 3.63) is 59.7 Å². The molecule has 1 aliphatic heterocycles. The van der Waals surface area contributed by atoms with Crippen molar-refractivity contribution in [2.24, 2.45) is 5.92 Å². The van der Waals surface area contributed by atoms with Crippen LogP contribution in [0, 0.1) is 12.8 Å². The van der Waals surface area contributed by atoms with E-state index in [9.17, 15) is 14.4 Å². The van der Waals surface area contributed by atoms with Crippen molar-refractivity contribution in [3.63, 3.8) is 0 Å². The first-order chi connectivity index (χ1) is 15.0. The van der Waals surface area contributed by atoms with Crippen molar-refractivity contribution in [1.82, 2.24) is 5.32 Å². The molecule has 1 heterocycles. The number of hydrogen-bond donors (Lipinski definition) is 2. The van der Waals surface area contributed by atoms with E-state index in [1.54, 1.807) is 23.1 Å². The molecule has 31 heavy (non-hydrogen) atoms. The Bertz CT molecular complexity index is 981. The number of carbonyl (C=O) groups excluding carboxylic acids is 3. The summed E-state index contributed by atoms with van der Waals surface area (Å²) < 4.78 is 0. The van der Waals surface area contributed by atoms with Gasteiger partial charge in [0.15, 0.2) is 0 Å². The topological polar surface area (TPSA) is 78.5 Å². The summed E-state index contributed by atoms with van der Waals surface area (Å²) in [6.07, 6.45) is 5.78. The minimum Gasteiger partial charge on any atom is -0.353 e. The third kappa shape index (κ3) is 5.13. The fraction of sp³-hybridized carbons (Fsp3) is 0.400. The Hall–Kier alpha value is -3.15. The van der Waals surface area contributed by atoms with Crippen molar-refractivity contribution in [1.29, 1.82) is 0 Å². The van der Waals surface area contributed by atoms with Gasteiger partial charge in [-0.05, 0) is 55.7 Å².